The first-order valence-electron chi connectivity index (χ1n) is 6.20. The highest BCUT2D eigenvalue weighted by atomic mass is 16.5. The van der Waals surface area contributed by atoms with Crippen LogP contribution in [0.4, 0.5) is 0 Å². The molecular weight excluding hydrogens is 254 g/mol. The Labute approximate surface area is 115 Å². The number of rotatable bonds is 2. The van der Waals surface area contributed by atoms with Crippen molar-refractivity contribution in [2.24, 2.45) is 0 Å². The first-order chi connectivity index (χ1) is 9.66. The van der Waals surface area contributed by atoms with Crippen molar-refractivity contribution in [1.29, 1.82) is 0 Å². The van der Waals surface area contributed by atoms with E-state index in [2.05, 4.69) is 25.1 Å². The Hall–Kier alpha value is -2.63. The molecule has 0 aliphatic rings. The van der Waals surface area contributed by atoms with E-state index in [1.54, 1.807) is 24.8 Å². The van der Waals surface area contributed by atoms with Gasteiger partial charge in [0.05, 0.1) is 28.8 Å². The van der Waals surface area contributed by atoms with E-state index in [1.807, 2.05) is 20.8 Å². The quantitative estimate of drug-likeness (QED) is 0.710. The first-order valence-corrected chi connectivity index (χ1v) is 6.20. The lowest BCUT2D eigenvalue weighted by Gasteiger charge is -2.08. The predicted octanol–water partition coefficient (Wildman–Crippen LogP) is 2.51. The first kappa shape index (κ1) is 12.4. The molecule has 0 aromatic carbocycles. The zero-order chi connectivity index (χ0) is 14.1. The summed E-state index contributed by atoms with van der Waals surface area (Å²) in [6.07, 6.45) is 6.73. The van der Waals surface area contributed by atoms with Gasteiger partial charge >= 0.3 is 0 Å². The predicted molar refractivity (Wildman–Crippen MR) is 72.8 cm³/mol. The van der Waals surface area contributed by atoms with Crippen LogP contribution in [0.15, 0.2) is 29.3 Å². The molecule has 20 heavy (non-hydrogen) atoms. The third-order valence-electron chi connectivity index (χ3n) is 3.02. The lowest BCUT2D eigenvalue weighted by atomic mass is 10.0. The molecule has 0 saturated heterocycles. The maximum atomic E-state index is 5.23. The van der Waals surface area contributed by atoms with Crippen molar-refractivity contribution in [3.05, 3.63) is 42.1 Å². The molecule has 3 aromatic heterocycles. The van der Waals surface area contributed by atoms with E-state index >= 15 is 0 Å². The highest BCUT2D eigenvalue weighted by molar-refractivity contribution is 5.79. The molecule has 0 N–H and O–H groups in total. The van der Waals surface area contributed by atoms with Crippen molar-refractivity contribution in [1.82, 2.24) is 25.1 Å². The average molecular weight is 267 g/mol. The standard InChI is InChI=1S/C14H13N5O/c1-8-13(9(2)20-19-8)14-11(6-17-10(3)18-14)12-7-15-4-5-16-12/h4-7H,1-3H3. The topological polar surface area (TPSA) is 77.6 Å². The second-order valence-corrected chi connectivity index (χ2v) is 4.47. The summed E-state index contributed by atoms with van der Waals surface area (Å²) in [6, 6.07) is 0. The van der Waals surface area contributed by atoms with E-state index in [4.69, 9.17) is 4.52 Å². The second kappa shape index (κ2) is 4.80. The van der Waals surface area contributed by atoms with Crippen molar-refractivity contribution in [3.8, 4) is 22.5 Å². The Kier molecular flexibility index (Phi) is 2.98. The van der Waals surface area contributed by atoms with Crippen LogP contribution in [0.25, 0.3) is 22.5 Å². The van der Waals surface area contributed by atoms with Gasteiger partial charge in [0, 0.05) is 24.2 Å². The summed E-state index contributed by atoms with van der Waals surface area (Å²) in [4.78, 5) is 17.2. The van der Waals surface area contributed by atoms with Gasteiger partial charge in [0.2, 0.25) is 0 Å². The van der Waals surface area contributed by atoms with E-state index in [0.717, 1.165) is 34.0 Å². The van der Waals surface area contributed by atoms with Crippen LogP contribution in [0, 0.1) is 20.8 Å². The minimum atomic E-state index is 0.688. The third kappa shape index (κ3) is 2.05. The van der Waals surface area contributed by atoms with Gasteiger partial charge in [-0.15, -0.1) is 0 Å². The number of aromatic nitrogens is 5. The average Bonchev–Trinajstić information content (AvgIpc) is 2.79. The van der Waals surface area contributed by atoms with Crippen LogP contribution in [0.5, 0.6) is 0 Å². The van der Waals surface area contributed by atoms with Crippen molar-refractivity contribution < 1.29 is 4.52 Å². The van der Waals surface area contributed by atoms with Crippen LogP contribution in [0.1, 0.15) is 17.3 Å². The molecule has 0 atom stereocenters. The molecule has 3 aromatic rings. The summed E-state index contributed by atoms with van der Waals surface area (Å²) >= 11 is 0. The van der Waals surface area contributed by atoms with Crippen LogP contribution >= 0.6 is 0 Å². The summed E-state index contributed by atoms with van der Waals surface area (Å²) in [6.45, 7) is 5.61. The second-order valence-electron chi connectivity index (χ2n) is 4.47. The Morgan fingerprint density at radius 1 is 1.00 bits per heavy atom. The van der Waals surface area contributed by atoms with Crippen LogP contribution < -0.4 is 0 Å². The van der Waals surface area contributed by atoms with Gasteiger partial charge < -0.3 is 4.52 Å². The maximum absolute atomic E-state index is 5.23. The van der Waals surface area contributed by atoms with Gasteiger partial charge in [-0.1, -0.05) is 5.16 Å². The summed E-state index contributed by atoms with van der Waals surface area (Å²) < 4.78 is 5.23. The van der Waals surface area contributed by atoms with Crippen LogP contribution in [-0.4, -0.2) is 25.1 Å². The zero-order valence-electron chi connectivity index (χ0n) is 11.5. The van der Waals surface area contributed by atoms with Crippen molar-refractivity contribution in [3.63, 3.8) is 0 Å². The van der Waals surface area contributed by atoms with E-state index < -0.39 is 0 Å². The van der Waals surface area contributed by atoms with Crippen LogP contribution in [0.2, 0.25) is 0 Å². The number of nitrogens with zero attached hydrogens (tertiary/aromatic N) is 5. The summed E-state index contributed by atoms with van der Waals surface area (Å²) in [7, 11) is 0. The molecule has 0 aliphatic carbocycles. The Morgan fingerprint density at radius 3 is 2.50 bits per heavy atom. The highest BCUT2D eigenvalue weighted by Crippen LogP contribution is 2.32. The molecule has 0 unspecified atom stereocenters. The largest absolute Gasteiger partial charge is 0.361 e. The molecule has 6 nitrogen and oxygen atoms in total. The van der Waals surface area contributed by atoms with Gasteiger partial charge in [-0.2, -0.15) is 0 Å². The lowest BCUT2D eigenvalue weighted by Crippen LogP contribution is -1.98. The smallest absolute Gasteiger partial charge is 0.143 e. The fourth-order valence-electron chi connectivity index (χ4n) is 2.11. The maximum Gasteiger partial charge on any atom is 0.143 e. The Morgan fingerprint density at radius 2 is 1.85 bits per heavy atom. The summed E-state index contributed by atoms with van der Waals surface area (Å²) in [5.41, 5.74) is 4.00. The molecule has 6 heteroatoms. The highest BCUT2D eigenvalue weighted by Gasteiger charge is 2.19. The fourth-order valence-corrected chi connectivity index (χ4v) is 2.11. The lowest BCUT2D eigenvalue weighted by molar-refractivity contribution is 0.393. The van der Waals surface area contributed by atoms with Gasteiger partial charge in [-0.3, -0.25) is 9.97 Å². The van der Waals surface area contributed by atoms with Crippen molar-refractivity contribution in [2.45, 2.75) is 20.8 Å². The Balaban J connectivity index is 2.28. The molecule has 0 radical (unpaired) electrons. The fraction of sp³-hybridized carbons (Fsp3) is 0.214. The molecule has 0 spiro atoms. The normalized spacial score (nSPS) is 10.8. The minimum absolute atomic E-state index is 0.688. The summed E-state index contributed by atoms with van der Waals surface area (Å²) in [5, 5.41) is 3.99. The van der Waals surface area contributed by atoms with E-state index in [0.29, 0.717) is 5.82 Å². The molecular formula is C14H13N5O. The van der Waals surface area contributed by atoms with Crippen molar-refractivity contribution in [2.75, 3.05) is 0 Å². The minimum Gasteiger partial charge on any atom is -0.361 e. The molecule has 3 heterocycles. The van der Waals surface area contributed by atoms with Crippen molar-refractivity contribution >= 4 is 0 Å². The van der Waals surface area contributed by atoms with Gasteiger partial charge in [-0.05, 0) is 20.8 Å². The van der Waals surface area contributed by atoms with E-state index in [9.17, 15) is 0 Å². The summed E-state index contributed by atoms with van der Waals surface area (Å²) in [5.74, 6) is 1.42. The van der Waals surface area contributed by atoms with E-state index in [-0.39, 0.29) is 0 Å². The van der Waals surface area contributed by atoms with Crippen LogP contribution in [0.3, 0.4) is 0 Å². The van der Waals surface area contributed by atoms with Gasteiger partial charge in [0.15, 0.2) is 0 Å². The molecule has 0 aliphatic heterocycles. The molecule has 0 saturated carbocycles. The molecule has 0 bridgehead atoms. The monoisotopic (exact) mass is 267 g/mol. The number of aryl methyl sites for hydroxylation is 3. The number of hydrogen-bond donors (Lipinski definition) is 0. The van der Waals surface area contributed by atoms with Gasteiger partial charge in [0.1, 0.15) is 11.6 Å². The van der Waals surface area contributed by atoms with Gasteiger partial charge in [0.25, 0.3) is 0 Å². The molecule has 0 amide bonds. The van der Waals surface area contributed by atoms with Gasteiger partial charge in [-0.25, -0.2) is 9.97 Å². The van der Waals surface area contributed by atoms with E-state index in [1.165, 1.54) is 0 Å². The third-order valence-corrected chi connectivity index (χ3v) is 3.02. The zero-order valence-corrected chi connectivity index (χ0v) is 11.5. The molecule has 0 fully saturated rings. The number of hydrogen-bond acceptors (Lipinski definition) is 6. The van der Waals surface area contributed by atoms with Crippen LogP contribution in [-0.2, 0) is 0 Å². The molecule has 100 valence electrons. The SMILES string of the molecule is Cc1ncc(-c2cnccn2)c(-c2c(C)noc2C)n1. The molecule has 3 rings (SSSR count). The Bertz CT molecular complexity index is 732.